The molecule has 3 nitrogen and oxygen atoms in total. The first-order valence-corrected chi connectivity index (χ1v) is 5.50. The topological polar surface area (TPSA) is 49.5 Å². The van der Waals surface area contributed by atoms with E-state index in [-0.39, 0.29) is 12.4 Å². The first-order valence-electron chi connectivity index (χ1n) is 5.50. The van der Waals surface area contributed by atoms with Crippen LogP contribution < -0.4 is 5.73 Å². The molecule has 0 radical (unpaired) electrons. The maximum absolute atomic E-state index is 9.35. The van der Waals surface area contributed by atoms with Gasteiger partial charge in [-0.2, -0.15) is 0 Å². The average molecular weight is 243 g/mol. The van der Waals surface area contributed by atoms with Crippen LogP contribution in [0.4, 0.5) is 0 Å². The highest BCUT2D eigenvalue weighted by Gasteiger charge is 2.16. The molecule has 1 aromatic rings. The van der Waals surface area contributed by atoms with E-state index in [0.717, 1.165) is 31.6 Å². The maximum atomic E-state index is 9.35. The standard InChI is InChI=1S/C12H18N2O.ClH/c13-11-4-2-6-14(9-11)8-10-3-1-5-12(15)7-10;/h1,3,5,7,11,15H,2,4,6,8-9,13H2;1H/t11-;/m1./s1. The van der Waals surface area contributed by atoms with Crippen LogP contribution in [0.3, 0.4) is 0 Å². The van der Waals surface area contributed by atoms with Crippen molar-refractivity contribution in [1.82, 2.24) is 4.90 Å². The molecule has 1 aliphatic rings. The summed E-state index contributed by atoms with van der Waals surface area (Å²) in [4.78, 5) is 2.35. The second kappa shape index (κ2) is 6.09. The molecule has 1 saturated heterocycles. The van der Waals surface area contributed by atoms with Crippen LogP contribution in [0.2, 0.25) is 0 Å². The lowest BCUT2D eigenvalue weighted by Crippen LogP contribution is -2.42. The zero-order valence-electron chi connectivity index (χ0n) is 9.30. The van der Waals surface area contributed by atoms with Crippen molar-refractivity contribution in [3.8, 4) is 5.75 Å². The highest BCUT2D eigenvalue weighted by Crippen LogP contribution is 2.15. The molecule has 0 unspecified atom stereocenters. The van der Waals surface area contributed by atoms with Gasteiger partial charge in [-0.15, -0.1) is 12.4 Å². The summed E-state index contributed by atoms with van der Waals surface area (Å²) in [7, 11) is 0. The van der Waals surface area contributed by atoms with Gasteiger partial charge in [0, 0.05) is 19.1 Å². The molecule has 1 atom stereocenters. The van der Waals surface area contributed by atoms with Crippen LogP contribution >= 0.6 is 12.4 Å². The van der Waals surface area contributed by atoms with Crippen molar-refractivity contribution in [2.24, 2.45) is 5.73 Å². The van der Waals surface area contributed by atoms with Crippen molar-refractivity contribution in [3.63, 3.8) is 0 Å². The molecule has 1 aromatic carbocycles. The highest BCUT2D eigenvalue weighted by molar-refractivity contribution is 5.85. The second-order valence-electron chi connectivity index (χ2n) is 4.31. The molecule has 16 heavy (non-hydrogen) atoms. The zero-order chi connectivity index (χ0) is 10.7. The molecular formula is C12H19ClN2O. The maximum Gasteiger partial charge on any atom is 0.115 e. The number of halogens is 1. The highest BCUT2D eigenvalue weighted by atomic mass is 35.5. The number of phenols is 1. The monoisotopic (exact) mass is 242 g/mol. The van der Waals surface area contributed by atoms with E-state index in [1.165, 1.54) is 6.42 Å². The number of hydrogen-bond acceptors (Lipinski definition) is 3. The summed E-state index contributed by atoms with van der Waals surface area (Å²) in [6.07, 6.45) is 2.32. The molecule has 0 bridgehead atoms. The normalized spacial score (nSPS) is 21.4. The summed E-state index contributed by atoms with van der Waals surface area (Å²) in [5.74, 6) is 0.341. The largest absolute Gasteiger partial charge is 0.508 e. The van der Waals surface area contributed by atoms with E-state index in [0.29, 0.717) is 11.8 Å². The summed E-state index contributed by atoms with van der Waals surface area (Å²) in [5.41, 5.74) is 7.07. The number of benzene rings is 1. The molecule has 1 aliphatic heterocycles. The van der Waals surface area contributed by atoms with Crippen molar-refractivity contribution in [2.45, 2.75) is 25.4 Å². The third-order valence-corrected chi connectivity index (χ3v) is 2.86. The van der Waals surface area contributed by atoms with Crippen molar-refractivity contribution in [1.29, 1.82) is 0 Å². The molecule has 0 saturated carbocycles. The van der Waals surface area contributed by atoms with Crippen LogP contribution in [0.15, 0.2) is 24.3 Å². The Bertz CT molecular complexity index is 333. The van der Waals surface area contributed by atoms with Gasteiger partial charge in [-0.3, -0.25) is 4.90 Å². The fraction of sp³-hybridized carbons (Fsp3) is 0.500. The van der Waals surface area contributed by atoms with Gasteiger partial charge < -0.3 is 10.8 Å². The van der Waals surface area contributed by atoms with E-state index in [1.807, 2.05) is 18.2 Å². The molecule has 2 rings (SSSR count). The number of nitrogens with zero attached hydrogens (tertiary/aromatic N) is 1. The molecule has 0 aliphatic carbocycles. The summed E-state index contributed by atoms with van der Waals surface area (Å²) in [6, 6.07) is 7.76. The Balaban J connectivity index is 0.00000128. The number of piperidine rings is 1. The number of hydrogen-bond donors (Lipinski definition) is 2. The molecule has 4 heteroatoms. The Morgan fingerprint density at radius 1 is 1.44 bits per heavy atom. The van der Waals surface area contributed by atoms with Gasteiger partial charge in [0.1, 0.15) is 5.75 Å². The lowest BCUT2D eigenvalue weighted by atomic mass is 10.1. The van der Waals surface area contributed by atoms with Gasteiger partial charge in [0.05, 0.1) is 0 Å². The van der Waals surface area contributed by atoms with Crippen molar-refractivity contribution < 1.29 is 5.11 Å². The Hall–Kier alpha value is -0.770. The van der Waals surface area contributed by atoms with Crippen LogP contribution in [0.5, 0.6) is 5.75 Å². The minimum Gasteiger partial charge on any atom is -0.508 e. The zero-order valence-corrected chi connectivity index (χ0v) is 10.1. The Morgan fingerprint density at radius 2 is 2.25 bits per heavy atom. The molecule has 90 valence electrons. The molecule has 1 heterocycles. The summed E-state index contributed by atoms with van der Waals surface area (Å²) >= 11 is 0. The van der Waals surface area contributed by atoms with Crippen LogP contribution in [0.1, 0.15) is 18.4 Å². The minimum atomic E-state index is 0. The molecule has 3 N–H and O–H groups in total. The third kappa shape index (κ3) is 3.67. The quantitative estimate of drug-likeness (QED) is 0.831. The summed E-state index contributed by atoms with van der Waals surface area (Å²) in [5, 5.41) is 9.35. The van der Waals surface area contributed by atoms with E-state index in [9.17, 15) is 5.11 Å². The molecular weight excluding hydrogens is 224 g/mol. The predicted octanol–water partition coefficient (Wildman–Crippen LogP) is 1.74. The first kappa shape index (κ1) is 13.3. The predicted molar refractivity (Wildman–Crippen MR) is 67.8 cm³/mol. The summed E-state index contributed by atoms with van der Waals surface area (Å²) in [6.45, 7) is 2.97. The van der Waals surface area contributed by atoms with Crippen molar-refractivity contribution in [2.75, 3.05) is 13.1 Å². The van der Waals surface area contributed by atoms with Crippen LogP contribution in [0.25, 0.3) is 0 Å². The molecule has 0 amide bonds. The smallest absolute Gasteiger partial charge is 0.115 e. The average Bonchev–Trinajstić information content (AvgIpc) is 2.17. The van der Waals surface area contributed by atoms with E-state index in [4.69, 9.17) is 5.73 Å². The lowest BCUT2D eigenvalue weighted by Gasteiger charge is -2.30. The van der Waals surface area contributed by atoms with Gasteiger partial charge >= 0.3 is 0 Å². The van der Waals surface area contributed by atoms with E-state index in [2.05, 4.69) is 4.90 Å². The fourth-order valence-corrected chi connectivity index (χ4v) is 2.15. The number of aromatic hydroxyl groups is 1. The van der Waals surface area contributed by atoms with Gasteiger partial charge in [-0.25, -0.2) is 0 Å². The fourth-order valence-electron chi connectivity index (χ4n) is 2.15. The van der Waals surface area contributed by atoms with Gasteiger partial charge in [0.15, 0.2) is 0 Å². The lowest BCUT2D eigenvalue weighted by molar-refractivity contribution is 0.201. The Morgan fingerprint density at radius 3 is 2.94 bits per heavy atom. The SMILES string of the molecule is Cl.N[C@@H]1CCCN(Cc2cccc(O)c2)C1. The second-order valence-corrected chi connectivity index (χ2v) is 4.31. The van der Waals surface area contributed by atoms with Crippen molar-refractivity contribution >= 4 is 12.4 Å². The van der Waals surface area contributed by atoms with E-state index in [1.54, 1.807) is 6.07 Å². The number of likely N-dealkylation sites (tertiary alicyclic amines) is 1. The van der Waals surface area contributed by atoms with Crippen LogP contribution in [0, 0.1) is 0 Å². The van der Waals surface area contributed by atoms with Crippen LogP contribution in [-0.4, -0.2) is 29.1 Å². The van der Waals surface area contributed by atoms with Gasteiger partial charge in [0.2, 0.25) is 0 Å². The Labute approximate surface area is 103 Å². The summed E-state index contributed by atoms with van der Waals surface area (Å²) < 4.78 is 0. The third-order valence-electron chi connectivity index (χ3n) is 2.86. The van der Waals surface area contributed by atoms with Gasteiger partial charge in [-0.05, 0) is 37.1 Å². The Kier molecular flexibility index (Phi) is 5.06. The van der Waals surface area contributed by atoms with Crippen molar-refractivity contribution in [3.05, 3.63) is 29.8 Å². The first-order chi connectivity index (χ1) is 7.24. The molecule has 0 spiro atoms. The molecule has 0 aromatic heterocycles. The number of nitrogens with two attached hydrogens (primary N) is 1. The minimum absolute atomic E-state index is 0. The van der Waals surface area contributed by atoms with Gasteiger partial charge in [-0.1, -0.05) is 12.1 Å². The number of rotatable bonds is 2. The van der Waals surface area contributed by atoms with E-state index < -0.39 is 0 Å². The van der Waals surface area contributed by atoms with Gasteiger partial charge in [0.25, 0.3) is 0 Å². The number of phenolic OH excluding ortho intramolecular Hbond substituents is 1. The van der Waals surface area contributed by atoms with E-state index >= 15 is 0 Å². The molecule has 1 fully saturated rings. The van der Waals surface area contributed by atoms with Crippen LogP contribution in [-0.2, 0) is 6.54 Å².